The van der Waals surface area contributed by atoms with Gasteiger partial charge in [0.1, 0.15) is 5.69 Å². The van der Waals surface area contributed by atoms with Crippen molar-refractivity contribution >= 4 is 5.91 Å². The molecule has 1 aromatic heterocycles. The number of hydrogen-bond acceptors (Lipinski definition) is 5. The van der Waals surface area contributed by atoms with Crippen molar-refractivity contribution in [2.24, 2.45) is 0 Å². The van der Waals surface area contributed by atoms with Gasteiger partial charge < -0.3 is 20.9 Å². The Kier molecular flexibility index (Phi) is 5.23. The first-order valence-corrected chi connectivity index (χ1v) is 5.32. The van der Waals surface area contributed by atoms with E-state index >= 15 is 0 Å². The molecule has 0 aliphatic carbocycles. The Morgan fingerprint density at radius 3 is 2.78 bits per heavy atom. The van der Waals surface area contributed by atoms with E-state index in [2.05, 4.69) is 20.9 Å². The molecular weight excluding hydrogens is 238 g/mol. The third-order valence-electron chi connectivity index (χ3n) is 2.07. The van der Waals surface area contributed by atoms with Gasteiger partial charge in [0.05, 0.1) is 4.92 Å². The average molecular weight is 253 g/mol. The van der Waals surface area contributed by atoms with Crippen LogP contribution in [0, 0.1) is 10.1 Å². The summed E-state index contributed by atoms with van der Waals surface area (Å²) < 4.78 is 0. The fourth-order valence-corrected chi connectivity index (χ4v) is 1.24. The van der Waals surface area contributed by atoms with E-state index < -0.39 is 4.92 Å². The van der Waals surface area contributed by atoms with Gasteiger partial charge in [0.2, 0.25) is 0 Å². The van der Waals surface area contributed by atoms with E-state index in [1.54, 1.807) is 25.4 Å². The molecule has 98 valence electrons. The Morgan fingerprint density at radius 1 is 1.50 bits per heavy atom. The molecule has 0 saturated carbocycles. The predicted molar refractivity (Wildman–Crippen MR) is 65.3 cm³/mol. The highest BCUT2D eigenvalue weighted by molar-refractivity contribution is 5.92. The first-order valence-electron chi connectivity index (χ1n) is 5.32. The summed E-state index contributed by atoms with van der Waals surface area (Å²) >= 11 is 0. The van der Waals surface area contributed by atoms with Gasteiger partial charge in [-0.25, -0.2) is 0 Å². The third kappa shape index (κ3) is 4.56. The van der Waals surface area contributed by atoms with Gasteiger partial charge in [-0.3, -0.25) is 14.9 Å². The van der Waals surface area contributed by atoms with E-state index in [-0.39, 0.29) is 11.7 Å². The molecule has 4 N–H and O–H groups in total. The number of hydrogen-bond donors (Lipinski definition) is 4. The lowest BCUT2D eigenvalue weighted by Gasteiger charge is -2.08. The minimum absolute atomic E-state index is 0.217. The first-order chi connectivity index (χ1) is 8.63. The molecule has 0 unspecified atom stereocenters. The van der Waals surface area contributed by atoms with Crippen molar-refractivity contribution in [1.29, 1.82) is 0 Å². The summed E-state index contributed by atoms with van der Waals surface area (Å²) in [6.07, 6.45) is 2.49. The van der Waals surface area contributed by atoms with Crippen LogP contribution in [0.4, 0.5) is 0 Å². The van der Waals surface area contributed by atoms with E-state index in [1.807, 2.05) is 0 Å². The molecule has 1 heterocycles. The van der Waals surface area contributed by atoms with Gasteiger partial charge in [0.15, 0.2) is 5.82 Å². The summed E-state index contributed by atoms with van der Waals surface area (Å²) in [6.45, 7) is 0.738. The number of nitrogens with zero attached hydrogens (tertiary/aromatic N) is 1. The Bertz CT molecular complexity index is 427. The second-order valence-electron chi connectivity index (χ2n) is 3.34. The lowest BCUT2D eigenvalue weighted by molar-refractivity contribution is -0.404. The quantitative estimate of drug-likeness (QED) is 0.301. The van der Waals surface area contributed by atoms with Crippen molar-refractivity contribution in [2.45, 2.75) is 0 Å². The van der Waals surface area contributed by atoms with E-state index in [0.717, 1.165) is 6.20 Å². The highest BCUT2D eigenvalue weighted by atomic mass is 16.6. The fourth-order valence-electron chi connectivity index (χ4n) is 1.24. The summed E-state index contributed by atoms with van der Waals surface area (Å²) in [6, 6.07) is 3.39. The van der Waals surface area contributed by atoms with Gasteiger partial charge in [0, 0.05) is 26.3 Å². The zero-order valence-corrected chi connectivity index (χ0v) is 9.90. The number of nitro groups is 1. The van der Waals surface area contributed by atoms with Crippen LogP contribution in [0.1, 0.15) is 10.5 Å². The molecule has 1 amide bonds. The van der Waals surface area contributed by atoms with Crippen LogP contribution >= 0.6 is 0 Å². The second-order valence-corrected chi connectivity index (χ2v) is 3.34. The summed E-state index contributed by atoms with van der Waals surface area (Å²) in [7, 11) is 1.57. The topological polar surface area (TPSA) is 112 Å². The molecule has 0 saturated heterocycles. The molecular formula is C10H15N5O3. The van der Waals surface area contributed by atoms with E-state index in [1.165, 1.54) is 0 Å². The monoisotopic (exact) mass is 253 g/mol. The van der Waals surface area contributed by atoms with Crippen molar-refractivity contribution in [2.75, 3.05) is 20.1 Å². The zero-order chi connectivity index (χ0) is 13.4. The molecule has 1 aromatic rings. The summed E-state index contributed by atoms with van der Waals surface area (Å²) in [5.41, 5.74) is 0.477. The maximum absolute atomic E-state index is 11.5. The molecule has 0 fully saturated rings. The Balaban J connectivity index is 2.26. The number of carbonyl (C=O) groups is 1. The molecule has 0 bridgehead atoms. The Labute approximate surface area is 104 Å². The van der Waals surface area contributed by atoms with Gasteiger partial charge in [-0.05, 0) is 12.1 Å². The lowest BCUT2D eigenvalue weighted by Crippen LogP contribution is -2.34. The van der Waals surface area contributed by atoms with Crippen LogP contribution < -0.4 is 16.0 Å². The standard InChI is InChI=1S/C10H15N5O3/c1-11-9(7-15(17)18)13-5-6-14-10(16)8-3-2-4-12-8/h2-4,7,11-13H,5-6H2,1H3,(H,14,16)/b9-7+. The fraction of sp³-hybridized carbons (Fsp3) is 0.300. The molecule has 8 nitrogen and oxygen atoms in total. The predicted octanol–water partition coefficient (Wildman–Crippen LogP) is -0.371. The van der Waals surface area contributed by atoms with Gasteiger partial charge in [-0.1, -0.05) is 0 Å². The summed E-state index contributed by atoms with van der Waals surface area (Å²) in [5, 5.41) is 18.3. The minimum atomic E-state index is -0.559. The number of carbonyl (C=O) groups excluding carboxylic acids is 1. The maximum Gasteiger partial charge on any atom is 0.274 e. The van der Waals surface area contributed by atoms with Crippen LogP contribution in [0.15, 0.2) is 30.4 Å². The van der Waals surface area contributed by atoms with Crippen molar-refractivity contribution in [3.8, 4) is 0 Å². The van der Waals surface area contributed by atoms with Crippen LogP contribution in [-0.4, -0.2) is 36.0 Å². The molecule has 1 rings (SSSR count). The molecule has 0 radical (unpaired) electrons. The molecule has 0 spiro atoms. The van der Waals surface area contributed by atoms with E-state index in [9.17, 15) is 14.9 Å². The van der Waals surface area contributed by atoms with Crippen molar-refractivity contribution in [3.05, 3.63) is 46.2 Å². The third-order valence-corrected chi connectivity index (χ3v) is 2.07. The number of rotatable bonds is 7. The summed E-state index contributed by atoms with van der Waals surface area (Å²) in [4.78, 5) is 23.9. The number of nitrogens with one attached hydrogen (secondary N) is 4. The number of aromatic amines is 1. The van der Waals surface area contributed by atoms with Crippen molar-refractivity contribution in [1.82, 2.24) is 20.9 Å². The van der Waals surface area contributed by atoms with E-state index in [4.69, 9.17) is 0 Å². The second kappa shape index (κ2) is 6.94. The van der Waals surface area contributed by atoms with Gasteiger partial charge in [0.25, 0.3) is 12.1 Å². The molecule has 0 aromatic carbocycles. The van der Waals surface area contributed by atoms with Gasteiger partial charge in [-0.15, -0.1) is 0 Å². The average Bonchev–Trinajstić information content (AvgIpc) is 2.86. The molecule has 18 heavy (non-hydrogen) atoms. The molecule has 8 heteroatoms. The number of H-pyrrole nitrogens is 1. The zero-order valence-electron chi connectivity index (χ0n) is 9.90. The SMILES string of the molecule is CN/C(=C\[N+](=O)[O-])NCCNC(=O)c1ccc[nH]1. The first kappa shape index (κ1) is 13.6. The summed E-state index contributed by atoms with van der Waals surface area (Å²) in [5.74, 6) is 0.0696. The van der Waals surface area contributed by atoms with Crippen LogP contribution in [-0.2, 0) is 0 Å². The largest absolute Gasteiger partial charge is 0.370 e. The minimum Gasteiger partial charge on any atom is -0.370 e. The van der Waals surface area contributed by atoms with Crippen LogP contribution in [0.3, 0.4) is 0 Å². The van der Waals surface area contributed by atoms with Crippen molar-refractivity contribution in [3.63, 3.8) is 0 Å². The highest BCUT2D eigenvalue weighted by Gasteiger charge is 2.04. The van der Waals surface area contributed by atoms with Crippen LogP contribution in [0.2, 0.25) is 0 Å². The molecule has 0 atom stereocenters. The van der Waals surface area contributed by atoms with Crippen LogP contribution in [0.5, 0.6) is 0 Å². The Morgan fingerprint density at radius 2 is 2.22 bits per heavy atom. The maximum atomic E-state index is 11.5. The smallest absolute Gasteiger partial charge is 0.274 e. The molecule has 0 aliphatic heterocycles. The van der Waals surface area contributed by atoms with Gasteiger partial charge >= 0.3 is 0 Å². The van der Waals surface area contributed by atoms with Crippen LogP contribution in [0.25, 0.3) is 0 Å². The normalized spacial score (nSPS) is 10.8. The Hall–Kier alpha value is -2.51. The van der Waals surface area contributed by atoms with Gasteiger partial charge in [-0.2, -0.15) is 0 Å². The number of amides is 1. The van der Waals surface area contributed by atoms with E-state index in [0.29, 0.717) is 18.8 Å². The van der Waals surface area contributed by atoms with Crippen molar-refractivity contribution < 1.29 is 9.72 Å². The highest BCUT2D eigenvalue weighted by Crippen LogP contribution is 1.92. The molecule has 0 aliphatic rings. The lowest BCUT2D eigenvalue weighted by atomic mass is 10.4. The number of aromatic nitrogens is 1.